The Balaban J connectivity index is 1.52. The lowest BCUT2D eigenvalue weighted by Crippen LogP contribution is -2.37. The Morgan fingerprint density at radius 1 is 1.03 bits per heavy atom. The number of carbonyl (C=O) groups is 2. The number of benzene rings is 2. The molecule has 0 atom stereocenters. The average molecular weight is 461 g/mol. The standard InChI is InChI=1S/C27H32N4O3/c1-18-12-13-19(2)23(16-18)30-26(33)17-31-24-11-7-6-10-21(24)29-22(27(31)34)14-15-25(32)28-20-8-4-3-5-9-20/h6-7,10-13,16,20H,3-5,8-9,14-15,17H2,1-2H3,(H,28,32)(H,30,33). The van der Waals surface area contributed by atoms with E-state index in [1.54, 1.807) is 6.07 Å². The molecule has 0 saturated heterocycles. The monoisotopic (exact) mass is 460 g/mol. The second-order valence-electron chi connectivity index (χ2n) is 9.21. The molecule has 2 N–H and O–H groups in total. The third kappa shape index (κ3) is 5.71. The van der Waals surface area contributed by atoms with Gasteiger partial charge in [-0.25, -0.2) is 4.98 Å². The number of anilines is 1. The average Bonchev–Trinajstić information content (AvgIpc) is 2.83. The highest BCUT2D eigenvalue weighted by Crippen LogP contribution is 2.18. The van der Waals surface area contributed by atoms with Crippen molar-refractivity contribution in [2.45, 2.75) is 71.4 Å². The summed E-state index contributed by atoms with van der Waals surface area (Å²) in [5, 5.41) is 6.01. The maximum Gasteiger partial charge on any atom is 0.273 e. The Morgan fingerprint density at radius 3 is 2.59 bits per heavy atom. The van der Waals surface area contributed by atoms with Gasteiger partial charge in [0, 0.05) is 24.6 Å². The number of amides is 2. The van der Waals surface area contributed by atoms with Gasteiger partial charge in [-0.15, -0.1) is 0 Å². The van der Waals surface area contributed by atoms with E-state index in [4.69, 9.17) is 0 Å². The van der Waals surface area contributed by atoms with Crippen LogP contribution in [0.15, 0.2) is 47.3 Å². The van der Waals surface area contributed by atoms with Crippen LogP contribution in [0.1, 0.15) is 55.3 Å². The fraction of sp³-hybridized carbons (Fsp3) is 0.407. The zero-order valence-corrected chi connectivity index (χ0v) is 19.9. The predicted molar refractivity (Wildman–Crippen MR) is 134 cm³/mol. The summed E-state index contributed by atoms with van der Waals surface area (Å²) in [6.07, 6.45) is 5.99. The number of aryl methyl sites for hydroxylation is 3. The van der Waals surface area contributed by atoms with E-state index in [0.29, 0.717) is 16.7 Å². The summed E-state index contributed by atoms with van der Waals surface area (Å²) in [6, 6.07) is 13.4. The first-order valence-corrected chi connectivity index (χ1v) is 12.1. The molecule has 2 aromatic carbocycles. The van der Waals surface area contributed by atoms with Crippen LogP contribution in [0, 0.1) is 13.8 Å². The van der Waals surface area contributed by atoms with Gasteiger partial charge in [0.15, 0.2) is 0 Å². The van der Waals surface area contributed by atoms with Crippen molar-refractivity contribution in [1.29, 1.82) is 0 Å². The zero-order valence-electron chi connectivity index (χ0n) is 19.9. The van der Waals surface area contributed by atoms with Gasteiger partial charge in [-0.1, -0.05) is 43.5 Å². The first-order valence-electron chi connectivity index (χ1n) is 12.1. The molecule has 0 spiro atoms. The van der Waals surface area contributed by atoms with Gasteiger partial charge in [0.05, 0.1) is 11.0 Å². The second kappa shape index (κ2) is 10.6. The maximum absolute atomic E-state index is 13.3. The van der Waals surface area contributed by atoms with E-state index in [-0.39, 0.29) is 42.8 Å². The van der Waals surface area contributed by atoms with Gasteiger partial charge in [0.2, 0.25) is 11.8 Å². The second-order valence-corrected chi connectivity index (χ2v) is 9.21. The number of rotatable bonds is 7. The molecule has 1 aliphatic carbocycles. The normalized spacial score (nSPS) is 14.2. The molecule has 7 nitrogen and oxygen atoms in total. The summed E-state index contributed by atoms with van der Waals surface area (Å²) >= 11 is 0. The fourth-order valence-corrected chi connectivity index (χ4v) is 4.55. The largest absolute Gasteiger partial charge is 0.353 e. The summed E-state index contributed by atoms with van der Waals surface area (Å²) in [7, 11) is 0. The van der Waals surface area contributed by atoms with E-state index in [1.807, 2.05) is 50.2 Å². The zero-order chi connectivity index (χ0) is 24.1. The molecule has 0 bridgehead atoms. The van der Waals surface area contributed by atoms with Crippen LogP contribution in [0.4, 0.5) is 5.69 Å². The summed E-state index contributed by atoms with van der Waals surface area (Å²) in [6.45, 7) is 3.77. The smallest absolute Gasteiger partial charge is 0.273 e. The molecule has 0 unspecified atom stereocenters. The van der Waals surface area contributed by atoms with Gasteiger partial charge in [-0.05, 0) is 56.0 Å². The molecule has 7 heteroatoms. The van der Waals surface area contributed by atoms with Crippen LogP contribution in [0.5, 0.6) is 0 Å². The number of hydrogen-bond acceptors (Lipinski definition) is 4. The molecule has 1 aliphatic rings. The Kier molecular flexibility index (Phi) is 7.40. The van der Waals surface area contributed by atoms with Crippen LogP contribution in [0.25, 0.3) is 11.0 Å². The first kappa shape index (κ1) is 23.7. The highest BCUT2D eigenvalue weighted by molar-refractivity contribution is 5.92. The van der Waals surface area contributed by atoms with E-state index < -0.39 is 0 Å². The maximum atomic E-state index is 13.3. The van der Waals surface area contributed by atoms with Crippen molar-refractivity contribution < 1.29 is 9.59 Å². The van der Waals surface area contributed by atoms with Crippen molar-refractivity contribution in [3.63, 3.8) is 0 Å². The van der Waals surface area contributed by atoms with Crippen molar-refractivity contribution in [3.8, 4) is 0 Å². The summed E-state index contributed by atoms with van der Waals surface area (Å²) in [5.74, 6) is -0.339. The topological polar surface area (TPSA) is 93.1 Å². The van der Waals surface area contributed by atoms with E-state index >= 15 is 0 Å². The van der Waals surface area contributed by atoms with E-state index in [2.05, 4.69) is 15.6 Å². The Labute approximate surface area is 199 Å². The molecule has 1 saturated carbocycles. The van der Waals surface area contributed by atoms with Crippen LogP contribution in [-0.2, 0) is 22.6 Å². The molecule has 4 rings (SSSR count). The quantitative estimate of drug-likeness (QED) is 0.557. The molecule has 34 heavy (non-hydrogen) atoms. The number of nitrogens with zero attached hydrogens (tertiary/aromatic N) is 2. The Bertz CT molecular complexity index is 1260. The third-order valence-electron chi connectivity index (χ3n) is 6.45. The Hall–Kier alpha value is -3.48. The summed E-state index contributed by atoms with van der Waals surface area (Å²) in [5.41, 5.74) is 3.92. The van der Waals surface area contributed by atoms with Crippen LogP contribution in [0.2, 0.25) is 0 Å². The molecule has 178 valence electrons. The van der Waals surface area contributed by atoms with Gasteiger partial charge < -0.3 is 10.6 Å². The fourth-order valence-electron chi connectivity index (χ4n) is 4.55. The minimum Gasteiger partial charge on any atom is -0.353 e. The number of aromatic nitrogens is 2. The SMILES string of the molecule is Cc1ccc(C)c(NC(=O)Cn2c(=O)c(CCC(=O)NC3CCCCC3)nc3ccccc32)c1. The third-order valence-corrected chi connectivity index (χ3v) is 6.45. The molecule has 0 aliphatic heterocycles. The highest BCUT2D eigenvalue weighted by Gasteiger charge is 2.18. The predicted octanol–water partition coefficient (Wildman–Crippen LogP) is 4.03. The summed E-state index contributed by atoms with van der Waals surface area (Å²) < 4.78 is 1.46. The molecule has 3 aromatic rings. The Morgan fingerprint density at radius 2 is 1.79 bits per heavy atom. The number of carbonyl (C=O) groups excluding carboxylic acids is 2. The molecular formula is C27H32N4O3. The van der Waals surface area contributed by atoms with Gasteiger partial charge in [0.25, 0.3) is 5.56 Å². The molecule has 1 aromatic heterocycles. The number of nitrogens with one attached hydrogen (secondary N) is 2. The van der Waals surface area contributed by atoms with Gasteiger partial charge >= 0.3 is 0 Å². The number of para-hydroxylation sites is 2. The molecule has 0 radical (unpaired) electrons. The van der Waals surface area contributed by atoms with E-state index in [9.17, 15) is 14.4 Å². The van der Waals surface area contributed by atoms with Crippen LogP contribution < -0.4 is 16.2 Å². The van der Waals surface area contributed by atoms with Crippen molar-refractivity contribution in [2.75, 3.05) is 5.32 Å². The number of fused-ring (bicyclic) bond motifs is 1. The van der Waals surface area contributed by atoms with Gasteiger partial charge in [0.1, 0.15) is 12.2 Å². The van der Waals surface area contributed by atoms with Gasteiger partial charge in [-0.3, -0.25) is 19.0 Å². The summed E-state index contributed by atoms with van der Waals surface area (Å²) in [4.78, 5) is 43.2. The minimum atomic E-state index is -0.333. The van der Waals surface area contributed by atoms with Crippen LogP contribution in [-0.4, -0.2) is 27.4 Å². The lowest BCUT2D eigenvalue weighted by Gasteiger charge is -2.22. The van der Waals surface area contributed by atoms with Crippen LogP contribution >= 0.6 is 0 Å². The van der Waals surface area contributed by atoms with Crippen LogP contribution in [0.3, 0.4) is 0 Å². The van der Waals surface area contributed by atoms with E-state index in [0.717, 1.165) is 42.5 Å². The van der Waals surface area contributed by atoms with Gasteiger partial charge in [-0.2, -0.15) is 0 Å². The molecule has 1 heterocycles. The molecule has 1 fully saturated rings. The van der Waals surface area contributed by atoms with Crippen molar-refractivity contribution in [1.82, 2.24) is 14.9 Å². The number of hydrogen-bond donors (Lipinski definition) is 2. The van der Waals surface area contributed by atoms with Crippen molar-refractivity contribution in [3.05, 3.63) is 69.6 Å². The van der Waals surface area contributed by atoms with Crippen molar-refractivity contribution >= 4 is 28.5 Å². The van der Waals surface area contributed by atoms with Crippen molar-refractivity contribution in [2.24, 2.45) is 0 Å². The first-order chi connectivity index (χ1) is 16.4. The lowest BCUT2D eigenvalue weighted by atomic mass is 9.95. The molecular weight excluding hydrogens is 428 g/mol. The lowest BCUT2D eigenvalue weighted by molar-refractivity contribution is -0.122. The van der Waals surface area contributed by atoms with E-state index in [1.165, 1.54) is 11.0 Å². The minimum absolute atomic E-state index is 0.0551. The highest BCUT2D eigenvalue weighted by atomic mass is 16.2. The molecule has 2 amide bonds.